The summed E-state index contributed by atoms with van der Waals surface area (Å²) in [5.74, 6) is -8.14. The summed E-state index contributed by atoms with van der Waals surface area (Å²) >= 11 is 0. The molecule has 3 N–H and O–H groups in total. The Morgan fingerprint density at radius 1 is 0.536 bits per heavy atom. The number of fused-ring (bicyclic) bond motifs is 2. The number of pyridine rings is 2. The standard InChI is InChI=1S/C42H63N5O8.C41H61N5O9/c1-12-33-37-34(47(41(51)54-37)45-17-15-25(4)46-21-32(44-22-46)31-14-13-16-43-20-31)28(7)35(48)24(3)19-42(10,11)38(29(8)36(49)30(9)39(50)53-33)55-40-27(6)23(2)18-26(5)52-40;1-11-31-36-32(46(40(51)54-36)44-16-14-24(4)45-20-30(43-21-45)29-13-12-15-42-19-29)26(6)33(47)23(3)18-41(9,10)37(27(7)35(49)28(8)38(50)53-31)55-39-34(48)22(2)17-25(5)52-39/h13-14,16,20-30,33-34,37-38,40,45H,12,15,17-19H2,1-11H3;12-13,15,19-28,31-32,34,36-37,39,44,48H,11,14,16-18H2,1-10H3/t23-,24+,25?,26+,27+,28+,29-,30+,33+,34+,37?,38+,40?;22-,23+,24?,25+,26+,27-,28+,31+,32+,34+,36?,37+,39?/m00/s1. The first-order chi connectivity index (χ1) is 51.9. The molecular formula is C83H124N10O17. The molecule has 2 amide bonds. The molecule has 0 spiro atoms. The van der Waals surface area contributed by atoms with Gasteiger partial charge in [0.2, 0.25) is 0 Å². The average molecular weight is 1530 g/mol. The first-order valence-electron chi connectivity index (χ1n) is 40.1. The number of hydrogen-bond acceptors (Lipinski definition) is 23. The van der Waals surface area contributed by atoms with Gasteiger partial charge < -0.3 is 52.1 Å². The molecule has 6 aliphatic heterocycles. The molecule has 6 fully saturated rings. The van der Waals surface area contributed by atoms with Crippen molar-refractivity contribution in [3.05, 3.63) is 74.1 Å². The fourth-order valence-corrected chi connectivity index (χ4v) is 17.6. The van der Waals surface area contributed by atoms with Gasteiger partial charge in [-0.1, -0.05) is 104 Å². The van der Waals surface area contributed by atoms with E-state index in [1.807, 2.05) is 136 Å². The molecule has 110 heavy (non-hydrogen) atoms. The second kappa shape index (κ2) is 37.0. The highest BCUT2D eigenvalue weighted by Gasteiger charge is 2.56. The van der Waals surface area contributed by atoms with E-state index in [-0.39, 0.29) is 59.9 Å². The summed E-state index contributed by atoms with van der Waals surface area (Å²) in [4.78, 5) is 129. The van der Waals surface area contributed by atoms with Gasteiger partial charge in [-0.3, -0.25) is 38.7 Å². The van der Waals surface area contributed by atoms with Crippen molar-refractivity contribution in [3.63, 3.8) is 0 Å². The van der Waals surface area contributed by atoms with Crippen LogP contribution in [0.4, 0.5) is 9.59 Å². The predicted octanol–water partition coefficient (Wildman–Crippen LogP) is 12.4. The number of rotatable bonds is 18. The molecule has 0 aromatic carbocycles. The largest absolute Gasteiger partial charge is 0.458 e. The number of ketones is 4. The van der Waals surface area contributed by atoms with E-state index in [0.29, 0.717) is 57.5 Å². The van der Waals surface area contributed by atoms with Gasteiger partial charge in [-0.15, -0.1) is 0 Å². The normalized spacial score (nSPS) is 35.4. The summed E-state index contributed by atoms with van der Waals surface area (Å²) in [6, 6.07) is 6.09. The third kappa shape index (κ3) is 19.8. The number of esters is 2. The van der Waals surface area contributed by atoms with Crippen molar-refractivity contribution in [3.8, 4) is 22.5 Å². The molecule has 4 aromatic rings. The van der Waals surface area contributed by atoms with Crippen molar-refractivity contribution in [2.45, 2.75) is 288 Å². The van der Waals surface area contributed by atoms with Crippen molar-refractivity contribution in [2.24, 2.45) is 75.9 Å². The van der Waals surface area contributed by atoms with E-state index in [4.69, 9.17) is 37.9 Å². The number of aliphatic hydroxyl groups is 1. The van der Waals surface area contributed by atoms with E-state index >= 15 is 0 Å². The van der Waals surface area contributed by atoms with Crippen molar-refractivity contribution in [2.75, 3.05) is 13.1 Å². The molecule has 0 saturated carbocycles. The van der Waals surface area contributed by atoms with E-state index in [0.717, 1.165) is 28.9 Å². The van der Waals surface area contributed by atoms with Gasteiger partial charge in [-0.25, -0.2) is 40.4 Å². The van der Waals surface area contributed by atoms with Crippen LogP contribution in [0.25, 0.3) is 22.5 Å². The average Bonchev–Trinajstić information content (AvgIpc) is 1.34. The Kier molecular flexibility index (Phi) is 29.2. The fraction of sp³-hybridized carbons (Fsp3) is 0.711. The SMILES string of the molecule is CC[C@H]1OC(=O)[C@H](C)C(=O)[C@H](C)[C@@H](OC2O[C@H](C)C[C@H](C)[C@H]2C)C(C)(C)C[C@@H](C)C(=O)[C@H](C)[C@@H]2C1OC(=O)N2NCCC(C)n1cnc(-c2cccnc2)c1.CC[C@H]1OC(=O)[C@H](C)C(=O)[C@H](C)[C@@H](OC2O[C@H](C)C[C@H](C)[C@H]2O)C(C)(C)C[C@@H](C)C(=O)[C@H](C)[C@@H]2C1OC(=O)N2NCCC(C)n1cnc(-c2cccnc2)c1. The number of ether oxygens (including phenoxy) is 8. The number of amides is 2. The second-order valence-corrected chi connectivity index (χ2v) is 34.1. The maximum atomic E-state index is 14.5. The number of hydrogen-bond donors (Lipinski definition) is 3. The second-order valence-electron chi connectivity index (χ2n) is 34.1. The summed E-state index contributed by atoms with van der Waals surface area (Å²) in [6.07, 6.45) is 9.43. The van der Waals surface area contributed by atoms with Crippen molar-refractivity contribution >= 4 is 47.3 Å². The molecule has 4 aromatic heterocycles. The van der Waals surface area contributed by atoms with Crippen LogP contribution in [0, 0.1) is 75.9 Å². The molecule has 0 bridgehead atoms. The third-order valence-corrected chi connectivity index (χ3v) is 24.4. The van der Waals surface area contributed by atoms with Gasteiger partial charge in [0, 0.05) is 115 Å². The monoisotopic (exact) mass is 1530 g/mol. The Labute approximate surface area is 649 Å². The predicted molar refractivity (Wildman–Crippen MR) is 409 cm³/mol. The lowest BCUT2D eigenvalue weighted by atomic mass is 9.70. The van der Waals surface area contributed by atoms with Gasteiger partial charge in [0.15, 0.2) is 36.4 Å². The highest BCUT2D eigenvalue weighted by Crippen LogP contribution is 2.45. The number of nitrogens with zero attached hydrogens (tertiary/aromatic N) is 8. The Balaban J connectivity index is 0.000000253. The van der Waals surface area contributed by atoms with E-state index in [1.165, 1.54) is 16.9 Å². The molecule has 26 atom stereocenters. The number of imidazole rings is 2. The van der Waals surface area contributed by atoms with Crippen molar-refractivity contribution < 1.29 is 81.4 Å². The van der Waals surface area contributed by atoms with Crippen LogP contribution in [-0.2, 0) is 66.7 Å². The molecule has 6 aliphatic rings. The summed E-state index contributed by atoms with van der Waals surface area (Å²) in [7, 11) is 0. The Hall–Kier alpha value is -7.40. The molecule has 27 nitrogen and oxygen atoms in total. The zero-order chi connectivity index (χ0) is 80.7. The lowest BCUT2D eigenvalue weighted by molar-refractivity contribution is -0.284. The van der Waals surface area contributed by atoms with E-state index in [1.54, 1.807) is 65.1 Å². The molecular weight excluding hydrogens is 1410 g/mol. The molecule has 10 rings (SSSR count). The minimum Gasteiger partial charge on any atom is -0.458 e. The van der Waals surface area contributed by atoms with Crippen LogP contribution < -0.4 is 10.9 Å². The number of aromatic nitrogens is 6. The van der Waals surface area contributed by atoms with Gasteiger partial charge in [0.25, 0.3) is 0 Å². The third-order valence-electron chi connectivity index (χ3n) is 24.4. The zero-order valence-electron chi connectivity index (χ0n) is 68.6. The van der Waals surface area contributed by atoms with Crippen LogP contribution in [0.15, 0.2) is 74.1 Å². The highest BCUT2D eigenvalue weighted by molar-refractivity contribution is 6.01. The van der Waals surface area contributed by atoms with Crippen LogP contribution in [0.1, 0.15) is 209 Å². The van der Waals surface area contributed by atoms with Crippen LogP contribution >= 0.6 is 0 Å². The number of aliphatic hydroxyl groups excluding tert-OH is 1. The number of nitrogens with one attached hydrogen (secondary N) is 2. The lowest BCUT2D eigenvalue weighted by Crippen LogP contribution is -2.55. The topological polar surface area (TPSA) is 323 Å². The van der Waals surface area contributed by atoms with Gasteiger partial charge in [-0.2, -0.15) is 0 Å². The number of Topliss-reactive ketones (excluding diaryl/α,β-unsaturated/α-hetero) is 4. The lowest BCUT2D eigenvalue weighted by Gasteiger charge is -2.45. The maximum absolute atomic E-state index is 14.5. The Morgan fingerprint density at radius 3 is 1.32 bits per heavy atom. The van der Waals surface area contributed by atoms with Crippen LogP contribution in [0.2, 0.25) is 0 Å². The molecule has 10 heterocycles. The molecule has 0 radical (unpaired) electrons. The van der Waals surface area contributed by atoms with Crippen molar-refractivity contribution in [1.82, 2.24) is 49.9 Å². The van der Waals surface area contributed by atoms with Gasteiger partial charge in [0.1, 0.15) is 53.8 Å². The molecule has 6 unspecified atom stereocenters. The molecule has 27 heteroatoms. The van der Waals surface area contributed by atoms with Gasteiger partial charge in [-0.05, 0) is 140 Å². The van der Waals surface area contributed by atoms with E-state index in [9.17, 15) is 43.5 Å². The minimum atomic E-state index is -1.16. The first kappa shape index (κ1) is 86.6. The van der Waals surface area contributed by atoms with Crippen molar-refractivity contribution in [1.29, 1.82) is 0 Å². The number of carbonyl (C=O) groups excluding carboxylic acids is 8. The summed E-state index contributed by atoms with van der Waals surface area (Å²) < 4.78 is 53.6. The summed E-state index contributed by atoms with van der Waals surface area (Å²) in [6.45, 7) is 40.5. The highest BCUT2D eigenvalue weighted by atomic mass is 16.7. The summed E-state index contributed by atoms with van der Waals surface area (Å²) in [5.41, 5.74) is 8.46. The Bertz CT molecular complexity index is 3540. The molecule has 608 valence electrons. The maximum Gasteiger partial charge on any atom is 0.425 e. The van der Waals surface area contributed by atoms with Gasteiger partial charge >= 0.3 is 24.1 Å². The Morgan fingerprint density at radius 2 is 0.927 bits per heavy atom. The number of carbonyl (C=O) groups is 8. The first-order valence-corrected chi connectivity index (χ1v) is 40.1. The van der Waals surface area contributed by atoms with E-state index in [2.05, 4.69) is 51.6 Å². The molecule has 6 saturated heterocycles. The number of cyclic esters (lactones) is 2. The van der Waals surface area contributed by atoms with Crippen LogP contribution in [0.3, 0.4) is 0 Å². The number of hydrazine groups is 2. The summed E-state index contributed by atoms with van der Waals surface area (Å²) in [5, 5.41) is 13.9. The fourth-order valence-electron chi connectivity index (χ4n) is 17.6. The smallest absolute Gasteiger partial charge is 0.425 e. The molecule has 0 aliphatic carbocycles. The quantitative estimate of drug-likeness (QED) is 0.0473. The van der Waals surface area contributed by atoms with E-state index < -0.39 is 155 Å². The van der Waals surface area contributed by atoms with Crippen LogP contribution in [0.5, 0.6) is 0 Å². The van der Waals surface area contributed by atoms with Crippen LogP contribution in [-0.4, -0.2) is 184 Å². The van der Waals surface area contributed by atoms with Gasteiger partial charge in [0.05, 0.1) is 48.5 Å². The zero-order valence-corrected chi connectivity index (χ0v) is 68.6. The minimum absolute atomic E-state index is 0.00900.